The third-order valence-corrected chi connectivity index (χ3v) is 8.43. The summed E-state index contributed by atoms with van der Waals surface area (Å²) in [6, 6.07) is 10.0. The highest BCUT2D eigenvalue weighted by molar-refractivity contribution is 6.32. The van der Waals surface area contributed by atoms with E-state index >= 15 is 0 Å². The first-order valence-electron chi connectivity index (χ1n) is 14.6. The minimum atomic E-state index is -0.404. The molecule has 4 N–H and O–H groups in total. The van der Waals surface area contributed by atoms with Crippen molar-refractivity contribution in [2.45, 2.75) is 25.0 Å². The van der Waals surface area contributed by atoms with Crippen molar-refractivity contribution in [2.24, 2.45) is 4.99 Å². The van der Waals surface area contributed by atoms with Crippen LogP contribution in [0.25, 0.3) is 0 Å². The van der Waals surface area contributed by atoms with Crippen LogP contribution in [0.2, 0.25) is 5.02 Å². The summed E-state index contributed by atoms with van der Waals surface area (Å²) in [6.45, 7) is 9.64. The van der Waals surface area contributed by atoms with E-state index in [9.17, 15) is 4.79 Å². The topological polar surface area (TPSA) is 106 Å². The fourth-order valence-corrected chi connectivity index (χ4v) is 5.99. The molecule has 2 fully saturated rings. The predicted molar refractivity (Wildman–Crippen MR) is 175 cm³/mol. The van der Waals surface area contributed by atoms with Gasteiger partial charge in [0.25, 0.3) is 0 Å². The monoisotopic (exact) mass is 608 g/mol. The number of nitrogens with one attached hydrogen (secondary N) is 4. The van der Waals surface area contributed by atoms with Gasteiger partial charge in [0, 0.05) is 50.1 Å². The second-order valence-electron chi connectivity index (χ2n) is 10.9. The molecule has 0 bridgehead atoms. The first kappa shape index (κ1) is 30.5. The van der Waals surface area contributed by atoms with Gasteiger partial charge in [0.15, 0.2) is 0 Å². The Kier molecular flexibility index (Phi) is 9.96. The first-order valence-corrected chi connectivity index (χ1v) is 14.9. The van der Waals surface area contributed by atoms with Crippen LogP contribution in [0.3, 0.4) is 0 Å². The number of halogens is 1. The Hall–Kier alpha value is -3.93. The van der Waals surface area contributed by atoms with Crippen LogP contribution in [-0.2, 0) is 4.79 Å². The van der Waals surface area contributed by atoms with E-state index in [1.54, 1.807) is 32.7 Å². The number of anilines is 4. The molecule has 2 aromatic rings. The van der Waals surface area contributed by atoms with E-state index in [0.717, 1.165) is 56.5 Å². The van der Waals surface area contributed by atoms with Crippen LogP contribution in [0.4, 0.5) is 22.7 Å². The van der Waals surface area contributed by atoms with Crippen molar-refractivity contribution in [1.82, 2.24) is 15.1 Å². The van der Waals surface area contributed by atoms with E-state index in [-0.39, 0.29) is 5.91 Å². The van der Waals surface area contributed by atoms with Crippen molar-refractivity contribution < 1.29 is 14.3 Å². The summed E-state index contributed by atoms with van der Waals surface area (Å²) in [5.74, 6) is 1.72. The molecule has 11 nitrogen and oxygen atoms in total. The first-order chi connectivity index (χ1) is 20.9. The zero-order chi connectivity index (χ0) is 30.3. The molecule has 2 saturated heterocycles. The molecule has 0 radical (unpaired) electrons. The molecule has 230 valence electrons. The van der Waals surface area contributed by atoms with Crippen molar-refractivity contribution >= 4 is 46.6 Å². The van der Waals surface area contributed by atoms with Crippen LogP contribution in [0.5, 0.6) is 11.5 Å². The molecule has 0 aromatic heterocycles. The quantitative estimate of drug-likeness (QED) is 0.298. The fourth-order valence-electron chi connectivity index (χ4n) is 5.74. The number of piperazine rings is 1. The molecule has 1 atom stereocenters. The Morgan fingerprint density at radius 3 is 2.47 bits per heavy atom. The van der Waals surface area contributed by atoms with E-state index in [0.29, 0.717) is 33.9 Å². The Labute approximate surface area is 258 Å². The summed E-state index contributed by atoms with van der Waals surface area (Å²) in [4.78, 5) is 24.3. The lowest BCUT2D eigenvalue weighted by atomic mass is 10.0. The van der Waals surface area contributed by atoms with Gasteiger partial charge in [0.2, 0.25) is 5.91 Å². The molecular weight excluding hydrogens is 568 g/mol. The minimum absolute atomic E-state index is 0.272. The highest BCUT2D eigenvalue weighted by Crippen LogP contribution is 2.38. The second kappa shape index (κ2) is 14.0. The van der Waals surface area contributed by atoms with Gasteiger partial charge in [-0.1, -0.05) is 18.2 Å². The molecule has 2 aromatic carbocycles. The number of carbonyl (C=O) groups excluding carboxylic acids is 1. The lowest BCUT2D eigenvalue weighted by molar-refractivity contribution is -0.111. The Bertz CT molecular complexity index is 1370. The standard InChI is InChI=1S/C31H41ClN8O3/c1-5-31(41)37-24-17-25(36-30-19-29(33-20-34-30)35-21-6-7-27(42-3)23(32)16-21)28(43-4)18-26(24)40-14-12-39(13-15-40)22-8-10-38(2)11-9-22/h5-7,16-20,22,30,35-36H,1,8-15H2,2-4H3,(H,33,34)(H,37,41). The number of likely N-dealkylation sites (tertiary alicyclic amines) is 1. The summed E-state index contributed by atoms with van der Waals surface area (Å²) in [5, 5.41) is 13.4. The average Bonchev–Trinajstić information content (AvgIpc) is 3.02. The van der Waals surface area contributed by atoms with Crippen LogP contribution in [0.1, 0.15) is 12.8 Å². The molecule has 12 heteroatoms. The molecule has 0 saturated carbocycles. The van der Waals surface area contributed by atoms with Gasteiger partial charge in [-0.15, -0.1) is 0 Å². The van der Waals surface area contributed by atoms with Gasteiger partial charge >= 0.3 is 0 Å². The van der Waals surface area contributed by atoms with Gasteiger partial charge in [-0.25, -0.2) is 4.99 Å². The van der Waals surface area contributed by atoms with Gasteiger partial charge in [-0.2, -0.15) is 0 Å². The van der Waals surface area contributed by atoms with Crippen molar-refractivity contribution in [1.29, 1.82) is 0 Å². The van der Waals surface area contributed by atoms with E-state index in [1.165, 1.54) is 18.9 Å². The summed E-state index contributed by atoms with van der Waals surface area (Å²) in [5.41, 5.74) is 3.10. The van der Waals surface area contributed by atoms with Crippen LogP contribution in [-0.4, -0.2) is 94.8 Å². The zero-order valence-electron chi connectivity index (χ0n) is 25.0. The molecule has 3 aliphatic heterocycles. The summed E-state index contributed by atoms with van der Waals surface area (Å²) < 4.78 is 11.1. The third-order valence-electron chi connectivity index (χ3n) is 8.13. The largest absolute Gasteiger partial charge is 0.495 e. The van der Waals surface area contributed by atoms with Crippen LogP contribution in [0, 0.1) is 0 Å². The molecule has 1 amide bonds. The second-order valence-corrected chi connectivity index (χ2v) is 11.3. The highest BCUT2D eigenvalue weighted by atomic mass is 35.5. The Balaban J connectivity index is 1.32. The number of amides is 1. The van der Waals surface area contributed by atoms with E-state index in [1.807, 2.05) is 24.3 Å². The summed E-state index contributed by atoms with van der Waals surface area (Å²) in [6.07, 6.45) is 6.83. The van der Waals surface area contributed by atoms with Crippen LogP contribution < -0.4 is 35.6 Å². The van der Waals surface area contributed by atoms with Gasteiger partial charge in [0.05, 0.1) is 42.6 Å². The zero-order valence-corrected chi connectivity index (χ0v) is 25.8. The number of nitrogens with zero attached hydrogens (tertiary/aromatic N) is 4. The molecule has 43 heavy (non-hydrogen) atoms. The van der Waals surface area contributed by atoms with Crippen LogP contribution in [0.15, 0.2) is 59.9 Å². The van der Waals surface area contributed by atoms with Gasteiger partial charge < -0.3 is 40.5 Å². The van der Waals surface area contributed by atoms with E-state index in [2.05, 4.69) is 54.6 Å². The Morgan fingerprint density at radius 1 is 1.05 bits per heavy atom. The third kappa shape index (κ3) is 7.54. The number of ether oxygens (including phenoxy) is 2. The predicted octanol–water partition coefficient (Wildman–Crippen LogP) is 4.02. The van der Waals surface area contributed by atoms with Crippen molar-refractivity contribution in [3.05, 3.63) is 59.9 Å². The molecule has 3 aliphatic rings. The number of piperidine rings is 1. The molecule has 3 heterocycles. The molecule has 0 aliphatic carbocycles. The number of rotatable bonds is 10. The number of carbonyl (C=O) groups is 1. The maximum absolute atomic E-state index is 12.5. The lowest BCUT2D eigenvalue weighted by Gasteiger charge is -2.43. The van der Waals surface area contributed by atoms with E-state index in [4.69, 9.17) is 21.1 Å². The molecule has 0 spiro atoms. The number of hydrogen-bond acceptors (Lipinski definition) is 10. The molecule has 5 rings (SSSR count). The number of aliphatic imine (C=N–C) groups is 1. The minimum Gasteiger partial charge on any atom is -0.495 e. The Morgan fingerprint density at radius 2 is 1.79 bits per heavy atom. The summed E-state index contributed by atoms with van der Waals surface area (Å²) in [7, 11) is 5.42. The van der Waals surface area contributed by atoms with E-state index < -0.39 is 6.17 Å². The average molecular weight is 609 g/mol. The fraction of sp³-hybridized carbons (Fsp3) is 0.419. The van der Waals surface area contributed by atoms with Crippen molar-refractivity contribution in [2.75, 3.05) is 81.4 Å². The van der Waals surface area contributed by atoms with Gasteiger partial charge in [-0.05, 0) is 63.3 Å². The smallest absolute Gasteiger partial charge is 0.247 e. The highest BCUT2D eigenvalue weighted by Gasteiger charge is 2.28. The lowest BCUT2D eigenvalue weighted by Crippen LogP contribution is -2.53. The number of benzene rings is 2. The van der Waals surface area contributed by atoms with Crippen LogP contribution >= 0.6 is 11.6 Å². The number of methoxy groups -OCH3 is 2. The normalized spacial score (nSPS) is 19.7. The van der Waals surface area contributed by atoms with Gasteiger partial charge in [0.1, 0.15) is 23.5 Å². The molecule has 1 unspecified atom stereocenters. The number of hydrogen-bond donors (Lipinski definition) is 4. The van der Waals surface area contributed by atoms with Gasteiger partial charge in [-0.3, -0.25) is 9.69 Å². The maximum Gasteiger partial charge on any atom is 0.247 e. The van der Waals surface area contributed by atoms with Crippen molar-refractivity contribution in [3.8, 4) is 11.5 Å². The van der Waals surface area contributed by atoms with Crippen molar-refractivity contribution in [3.63, 3.8) is 0 Å². The maximum atomic E-state index is 12.5. The molecular formula is C31H41ClN8O3. The SMILES string of the molecule is C=CC(=O)Nc1cc(NC2C=C(Nc3ccc(OC)c(Cl)c3)NC=N2)c(OC)cc1N1CCN(C2CCN(C)CC2)CC1. The summed E-state index contributed by atoms with van der Waals surface area (Å²) >= 11 is 6.29.